The molecule has 0 unspecified atom stereocenters. The molecule has 18 heavy (non-hydrogen) atoms. The van der Waals surface area contributed by atoms with Crippen molar-refractivity contribution in [3.63, 3.8) is 0 Å². The van der Waals surface area contributed by atoms with E-state index in [0.29, 0.717) is 0 Å². The number of benzene rings is 2. The van der Waals surface area contributed by atoms with Gasteiger partial charge in [-0.3, -0.25) is 0 Å². The Hall–Kier alpha value is -1.29. The molecule has 0 aromatic heterocycles. The minimum Gasteiger partial charge on any atom is -0.378 e. The average Bonchev–Trinajstić information content (AvgIpc) is 2.38. The van der Waals surface area contributed by atoms with Crippen molar-refractivity contribution < 1.29 is 0 Å². The summed E-state index contributed by atoms with van der Waals surface area (Å²) in [4.78, 5) is 2.10. The third-order valence-corrected chi connectivity index (χ3v) is 3.47. The van der Waals surface area contributed by atoms with Gasteiger partial charge in [-0.05, 0) is 58.0 Å². The van der Waals surface area contributed by atoms with Crippen LogP contribution in [0.4, 0.5) is 5.69 Å². The summed E-state index contributed by atoms with van der Waals surface area (Å²) in [7, 11) is 4.10. The summed E-state index contributed by atoms with van der Waals surface area (Å²) in [5.41, 5.74) is 3.67. The molecule has 0 bridgehead atoms. The van der Waals surface area contributed by atoms with Gasteiger partial charge in [0, 0.05) is 23.4 Å². The van der Waals surface area contributed by atoms with Crippen molar-refractivity contribution in [3.05, 3.63) is 63.2 Å². The van der Waals surface area contributed by atoms with E-state index in [-0.39, 0.29) is 0 Å². The standard InChI is InChI=1S/C16H16IN/c1-18(2)16-11-7-14(8-12-16)4-3-13-5-9-15(17)10-6-13/h3-12H,1-2H3/b4-3+. The highest BCUT2D eigenvalue weighted by Crippen LogP contribution is 2.15. The average molecular weight is 349 g/mol. The first-order chi connectivity index (χ1) is 8.65. The van der Waals surface area contributed by atoms with Crippen LogP contribution in [0.1, 0.15) is 11.1 Å². The van der Waals surface area contributed by atoms with Gasteiger partial charge < -0.3 is 4.90 Å². The molecule has 0 aliphatic rings. The molecule has 2 heteroatoms. The molecule has 0 fully saturated rings. The Kier molecular flexibility index (Phi) is 4.42. The molecule has 2 aromatic rings. The van der Waals surface area contributed by atoms with E-state index in [1.165, 1.54) is 20.4 Å². The number of halogens is 1. The fraction of sp³-hybridized carbons (Fsp3) is 0.125. The minimum atomic E-state index is 1.22. The lowest BCUT2D eigenvalue weighted by molar-refractivity contribution is 1.13. The molecule has 0 saturated heterocycles. The third kappa shape index (κ3) is 3.60. The van der Waals surface area contributed by atoms with Gasteiger partial charge in [-0.15, -0.1) is 0 Å². The van der Waals surface area contributed by atoms with Crippen LogP contribution in [0.25, 0.3) is 12.2 Å². The first-order valence-corrected chi connectivity index (χ1v) is 6.94. The van der Waals surface area contributed by atoms with Crippen LogP contribution < -0.4 is 4.90 Å². The van der Waals surface area contributed by atoms with Gasteiger partial charge in [0.2, 0.25) is 0 Å². The largest absolute Gasteiger partial charge is 0.378 e. The Balaban J connectivity index is 2.11. The van der Waals surface area contributed by atoms with Gasteiger partial charge in [0.1, 0.15) is 0 Å². The molecule has 2 rings (SSSR count). The second-order valence-corrected chi connectivity index (χ2v) is 5.62. The molecule has 0 N–H and O–H groups in total. The maximum Gasteiger partial charge on any atom is 0.0361 e. The van der Waals surface area contributed by atoms with Crippen LogP contribution in [0.15, 0.2) is 48.5 Å². The zero-order valence-corrected chi connectivity index (χ0v) is 12.8. The van der Waals surface area contributed by atoms with Crippen LogP contribution in [0.2, 0.25) is 0 Å². The lowest BCUT2D eigenvalue weighted by Crippen LogP contribution is -2.07. The van der Waals surface area contributed by atoms with Crippen LogP contribution in [0.3, 0.4) is 0 Å². The van der Waals surface area contributed by atoms with Gasteiger partial charge >= 0.3 is 0 Å². The normalized spacial score (nSPS) is 10.8. The summed E-state index contributed by atoms with van der Waals surface area (Å²) in [5, 5.41) is 0. The van der Waals surface area contributed by atoms with Crippen LogP contribution in [-0.4, -0.2) is 14.1 Å². The molecule has 1 nitrogen and oxygen atoms in total. The summed E-state index contributed by atoms with van der Waals surface area (Å²) >= 11 is 2.32. The van der Waals surface area contributed by atoms with Crippen molar-refractivity contribution in [2.45, 2.75) is 0 Å². The van der Waals surface area contributed by atoms with Crippen LogP contribution in [0, 0.1) is 3.57 Å². The third-order valence-electron chi connectivity index (χ3n) is 2.75. The predicted octanol–water partition coefficient (Wildman–Crippen LogP) is 4.53. The van der Waals surface area contributed by atoms with Gasteiger partial charge in [0.15, 0.2) is 0 Å². The summed E-state index contributed by atoms with van der Waals surface area (Å²) < 4.78 is 1.26. The van der Waals surface area contributed by atoms with Crippen LogP contribution in [-0.2, 0) is 0 Å². The number of hydrogen-bond acceptors (Lipinski definition) is 1. The molecule has 0 aliphatic heterocycles. The molecular formula is C16H16IN. The molecule has 2 aromatic carbocycles. The number of hydrogen-bond donors (Lipinski definition) is 0. The Morgan fingerprint density at radius 3 is 1.67 bits per heavy atom. The molecule has 0 aliphatic carbocycles. The number of anilines is 1. The van der Waals surface area contributed by atoms with Crippen molar-refractivity contribution in [2.24, 2.45) is 0 Å². The van der Waals surface area contributed by atoms with E-state index < -0.39 is 0 Å². The highest BCUT2D eigenvalue weighted by Gasteiger charge is 1.93. The van der Waals surface area contributed by atoms with E-state index in [1.54, 1.807) is 0 Å². The van der Waals surface area contributed by atoms with Crippen molar-refractivity contribution in [2.75, 3.05) is 19.0 Å². The monoisotopic (exact) mass is 349 g/mol. The van der Waals surface area contributed by atoms with Crippen LogP contribution in [0.5, 0.6) is 0 Å². The van der Waals surface area contributed by atoms with Gasteiger partial charge in [-0.25, -0.2) is 0 Å². The van der Waals surface area contributed by atoms with Gasteiger partial charge in [-0.1, -0.05) is 36.4 Å². The Morgan fingerprint density at radius 2 is 1.22 bits per heavy atom. The highest BCUT2D eigenvalue weighted by molar-refractivity contribution is 14.1. The van der Waals surface area contributed by atoms with E-state index in [4.69, 9.17) is 0 Å². The predicted molar refractivity (Wildman–Crippen MR) is 88.9 cm³/mol. The van der Waals surface area contributed by atoms with E-state index in [0.717, 1.165) is 0 Å². The van der Waals surface area contributed by atoms with E-state index >= 15 is 0 Å². The second kappa shape index (κ2) is 6.05. The topological polar surface area (TPSA) is 3.24 Å². The fourth-order valence-corrected chi connectivity index (χ4v) is 2.01. The maximum atomic E-state index is 2.32. The van der Waals surface area contributed by atoms with Gasteiger partial charge in [0.25, 0.3) is 0 Å². The summed E-state index contributed by atoms with van der Waals surface area (Å²) in [6.07, 6.45) is 4.28. The van der Waals surface area contributed by atoms with Crippen LogP contribution >= 0.6 is 22.6 Å². The number of rotatable bonds is 3. The van der Waals surface area contributed by atoms with Crippen molar-refractivity contribution in [3.8, 4) is 0 Å². The SMILES string of the molecule is CN(C)c1ccc(/C=C/c2ccc(I)cc2)cc1. The Bertz CT molecular complexity index is 524. The molecule has 0 saturated carbocycles. The maximum absolute atomic E-state index is 2.32. The number of nitrogens with zero attached hydrogens (tertiary/aromatic N) is 1. The smallest absolute Gasteiger partial charge is 0.0361 e. The molecule has 0 heterocycles. The summed E-state index contributed by atoms with van der Waals surface area (Å²) in [6, 6.07) is 17.0. The molecular weight excluding hydrogens is 333 g/mol. The zero-order valence-electron chi connectivity index (χ0n) is 10.6. The first kappa shape index (κ1) is 13.1. The van der Waals surface area contributed by atoms with Crippen molar-refractivity contribution >= 4 is 40.4 Å². The fourth-order valence-electron chi connectivity index (χ4n) is 1.65. The lowest BCUT2D eigenvalue weighted by Gasteiger charge is -2.11. The molecule has 0 amide bonds. The van der Waals surface area contributed by atoms with E-state index in [9.17, 15) is 0 Å². The zero-order chi connectivity index (χ0) is 13.0. The van der Waals surface area contributed by atoms with E-state index in [1.807, 2.05) is 0 Å². The van der Waals surface area contributed by atoms with Gasteiger partial charge in [0.05, 0.1) is 0 Å². The summed E-state index contributed by atoms with van der Waals surface area (Å²) in [5.74, 6) is 0. The van der Waals surface area contributed by atoms with E-state index in [2.05, 4.69) is 102 Å². The minimum absolute atomic E-state index is 1.22. The van der Waals surface area contributed by atoms with Crippen molar-refractivity contribution in [1.29, 1.82) is 0 Å². The summed E-state index contributed by atoms with van der Waals surface area (Å²) in [6.45, 7) is 0. The highest BCUT2D eigenvalue weighted by atomic mass is 127. The molecule has 0 radical (unpaired) electrons. The Labute approximate surface area is 122 Å². The Morgan fingerprint density at radius 1 is 0.778 bits per heavy atom. The van der Waals surface area contributed by atoms with Gasteiger partial charge in [-0.2, -0.15) is 0 Å². The quantitative estimate of drug-likeness (QED) is 0.581. The molecule has 0 spiro atoms. The lowest BCUT2D eigenvalue weighted by atomic mass is 10.1. The second-order valence-electron chi connectivity index (χ2n) is 4.37. The molecule has 92 valence electrons. The van der Waals surface area contributed by atoms with Crippen molar-refractivity contribution in [1.82, 2.24) is 0 Å². The first-order valence-electron chi connectivity index (χ1n) is 5.86. The molecule has 0 atom stereocenters.